The number of hydrogen-bond donors (Lipinski definition) is 2. The van der Waals surface area contributed by atoms with Gasteiger partial charge in [0, 0.05) is 7.05 Å². The van der Waals surface area contributed by atoms with Gasteiger partial charge in [-0.05, 0) is 12.1 Å². The van der Waals surface area contributed by atoms with E-state index in [1.807, 2.05) is 0 Å². The molecule has 0 spiro atoms. The van der Waals surface area contributed by atoms with Gasteiger partial charge in [-0.2, -0.15) is 0 Å². The maximum atomic E-state index is 11.7. The number of nitrogens with two attached hydrogens (primary N) is 1. The Morgan fingerprint density at radius 3 is 2.88 bits per heavy atom. The zero-order valence-corrected chi connectivity index (χ0v) is 9.92. The molecule has 2 rings (SSSR count). The van der Waals surface area contributed by atoms with Gasteiger partial charge >= 0.3 is 4.87 Å². The van der Waals surface area contributed by atoms with Crippen LogP contribution in [0.4, 0.5) is 0 Å². The summed E-state index contributed by atoms with van der Waals surface area (Å²) in [5, 5.41) is 0. The first-order chi connectivity index (χ1) is 7.47. The molecule has 0 bridgehead atoms. The third-order valence-corrected chi connectivity index (χ3v) is 4.38. The van der Waals surface area contributed by atoms with Crippen LogP contribution in [0.5, 0.6) is 0 Å². The lowest BCUT2D eigenvalue weighted by Gasteiger charge is -2.04. The molecular formula is C8H9N3O3S2. The summed E-state index contributed by atoms with van der Waals surface area (Å²) in [4.78, 5) is 11.3. The van der Waals surface area contributed by atoms with Gasteiger partial charge in [0.25, 0.3) is 0 Å². The molecular weight excluding hydrogens is 250 g/mol. The molecule has 0 aliphatic carbocycles. The first-order valence-corrected chi connectivity index (χ1v) is 6.53. The smallest absolute Gasteiger partial charge is 0.300 e. The van der Waals surface area contributed by atoms with Gasteiger partial charge in [-0.25, -0.2) is 10.1 Å². The van der Waals surface area contributed by atoms with Gasteiger partial charge in [-0.1, -0.05) is 17.4 Å². The van der Waals surface area contributed by atoms with Crippen molar-refractivity contribution >= 4 is 31.6 Å². The first-order valence-electron chi connectivity index (χ1n) is 4.24. The molecule has 1 aromatic carbocycles. The molecule has 16 heavy (non-hydrogen) atoms. The molecule has 0 saturated carbocycles. The molecule has 3 N–H and O–H groups in total. The average Bonchev–Trinajstić information content (AvgIpc) is 2.55. The Morgan fingerprint density at radius 2 is 2.25 bits per heavy atom. The summed E-state index contributed by atoms with van der Waals surface area (Å²) in [5.74, 6) is 4.90. The molecule has 86 valence electrons. The highest BCUT2D eigenvalue weighted by Gasteiger charge is 2.16. The predicted octanol–water partition coefficient (Wildman–Crippen LogP) is 0.774. The van der Waals surface area contributed by atoms with Crippen LogP contribution in [-0.2, 0) is 17.1 Å². The van der Waals surface area contributed by atoms with Gasteiger partial charge in [0.05, 0.1) is 10.2 Å². The minimum absolute atomic E-state index is 0.0633. The average molecular weight is 259 g/mol. The number of fused-ring (bicyclic) bond motifs is 1. The number of aryl methyl sites for hydroxylation is 1. The van der Waals surface area contributed by atoms with Gasteiger partial charge in [-0.3, -0.25) is 9.35 Å². The number of nitrogens with zero attached hydrogens (tertiary/aromatic N) is 2. The molecule has 1 aromatic heterocycles. The minimum atomic E-state index is -3.63. The van der Waals surface area contributed by atoms with Crippen molar-refractivity contribution in [1.82, 2.24) is 4.57 Å². The molecule has 0 radical (unpaired) electrons. The van der Waals surface area contributed by atoms with Gasteiger partial charge in [0.1, 0.15) is 4.90 Å². The summed E-state index contributed by atoms with van der Waals surface area (Å²) >= 11 is 1.01. The summed E-state index contributed by atoms with van der Waals surface area (Å²) in [5.41, 5.74) is 0.402. The fraction of sp³-hybridized carbons (Fsp3) is 0.125. The largest absolute Gasteiger partial charge is 0.307 e. The third-order valence-electron chi connectivity index (χ3n) is 2.20. The second-order valence-corrected chi connectivity index (χ2v) is 5.77. The number of benzene rings is 1. The van der Waals surface area contributed by atoms with Gasteiger partial charge in [-0.15, -0.1) is 4.47 Å². The van der Waals surface area contributed by atoms with Crippen molar-refractivity contribution in [1.29, 1.82) is 0 Å². The summed E-state index contributed by atoms with van der Waals surface area (Å²) < 4.78 is 26.2. The quantitative estimate of drug-likeness (QED) is 0.584. The molecule has 6 nitrogen and oxygen atoms in total. The van der Waals surface area contributed by atoms with Crippen molar-refractivity contribution in [3.8, 4) is 0 Å². The van der Waals surface area contributed by atoms with Crippen LogP contribution in [0.1, 0.15) is 0 Å². The van der Waals surface area contributed by atoms with E-state index in [0.29, 0.717) is 10.2 Å². The second kappa shape index (κ2) is 3.67. The van der Waals surface area contributed by atoms with Crippen LogP contribution in [0, 0.1) is 0 Å². The Balaban J connectivity index is 3.03. The highest BCUT2D eigenvalue weighted by molar-refractivity contribution is 7.88. The molecule has 1 unspecified atom stereocenters. The SMILES string of the molecule is Cn1c(=O)sc2cccc(S(=O)(O)=NN)c21. The molecule has 0 fully saturated rings. The van der Waals surface area contributed by atoms with E-state index in [0.717, 1.165) is 11.3 Å². The lowest BCUT2D eigenvalue weighted by Crippen LogP contribution is -2.10. The zero-order chi connectivity index (χ0) is 11.9. The Kier molecular flexibility index (Phi) is 2.58. The van der Waals surface area contributed by atoms with E-state index >= 15 is 0 Å². The Labute approximate surface area is 95.3 Å². The number of rotatable bonds is 1. The molecule has 1 heterocycles. The highest BCUT2D eigenvalue weighted by atomic mass is 32.2. The summed E-state index contributed by atoms with van der Waals surface area (Å²) in [6, 6.07) is 4.73. The lowest BCUT2D eigenvalue weighted by molar-refractivity contribution is 0.550. The van der Waals surface area contributed by atoms with Crippen molar-refractivity contribution in [3.05, 3.63) is 27.9 Å². The van der Waals surface area contributed by atoms with E-state index in [1.165, 1.54) is 17.7 Å². The van der Waals surface area contributed by atoms with E-state index in [4.69, 9.17) is 5.84 Å². The van der Waals surface area contributed by atoms with Crippen LogP contribution < -0.4 is 10.7 Å². The number of aromatic nitrogens is 1. The summed E-state index contributed by atoms with van der Waals surface area (Å²) in [6.07, 6.45) is 0. The monoisotopic (exact) mass is 259 g/mol. The normalized spacial score (nSPS) is 14.9. The number of hydrogen-bond acceptors (Lipinski definition) is 4. The molecule has 0 amide bonds. The van der Waals surface area contributed by atoms with Crippen molar-refractivity contribution in [2.24, 2.45) is 17.4 Å². The standard InChI is InChI=1S/C8H9N3O3S2/c1-11-7-5(15-8(11)12)3-2-4-6(7)16(13,14)10-9/h2-4H,9H2,1H3,(H,10,13,14). The fourth-order valence-electron chi connectivity index (χ4n) is 1.44. The Bertz CT molecular complexity index is 722. The van der Waals surface area contributed by atoms with Crippen molar-refractivity contribution in [3.63, 3.8) is 0 Å². The molecule has 0 aliphatic rings. The maximum Gasteiger partial charge on any atom is 0.307 e. The van der Waals surface area contributed by atoms with Crippen molar-refractivity contribution in [2.45, 2.75) is 4.90 Å². The fourth-order valence-corrected chi connectivity index (χ4v) is 3.28. The van der Waals surface area contributed by atoms with Crippen molar-refractivity contribution in [2.75, 3.05) is 0 Å². The molecule has 2 aromatic rings. The molecule has 8 heteroatoms. The summed E-state index contributed by atoms with van der Waals surface area (Å²) in [7, 11) is -2.10. The predicted molar refractivity (Wildman–Crippen MR) is 62.7 cm³/mol. The maximum absolute atomic E-state index is 11.7. The van der Waals surface area contributed by atoms with Crippen molar-refractivity contribution < 1.29 is 8.76 Å². The topological polar surface area (TPSA) is 97.7 Å². The van der Waals surface area contributed by atoms with Gasteiger partial charge < -0.3 is 4.57 Å². The lowest BCUT2D eigenvalue weighted by atomic mass is 10.3. The highest BCUT2D eigenvalue weighted by Crippen LogP contribution is 2.24. The molecule has 1 atom stereocenters. The van der Waals surface area contributed by atoms with Crippen LogP contribution in [0.15, 0.2) is 32.4 Å². The van der Waals surface area contributed by atoms with E-state index in [9.17, 15) is 13.6 Å². The van der Waals surface area contributed by atoms with E-state index < -0.39 is 10.0 Å². The molecule has 0 aliphatic heterocycles. The number of para-hydroxylation sites is 1. The van der Waals surface area contributed by atoms with E-state index in [2.05, 4.69) is 4.47 Å². The van der Waals surface area contributed by atoms with Gasteiger partial charge in [0.15, 0.2) is 0 Å². The van der Waals surface area contributed by atoms with Crippen LogP contribution in [0.3, 0.4) is 0 Å². The number of thiazole rings is 1. The van der Waals surface area contributed by atoms with E-state index in [1.54, 1.807) is 12.1 Å². The first kappa shape index (κ1) is 11.3. The minimum Gasteiger partial charge on any atom is -0.300 e. The van der Waals surface area contributed by atoms with Crippen LogP contribution in [0.25, 0.3) is 10.2 Å². The van der Waals surface area contributed by atoms with Crippen LogP contribution >= 0.6 is 11.3 Å². The second-order valence-electron chi connectivity index (χ2n) is 3.13. The van der Waals surface area contributed by atoms with Gasteiger partial charge in [0.2, 0.25) is 10.0 Å². The Hall–Kier alpha value is -1.22. The van der Waals surface area contributed by atoms with Crippen LogP contribution in [-0.4, -0.2) is 13.3 Å². The third kappa shape index (κ3) is 1.55. The summed E-state index contributed by atoms with van der Waals surface area (Å²) in [6.45, 7) is 0. The Morgan fingerprint density at radius 1 is 1.56 bits per heavy atom. The molecule has 0 saturated heterocycles. The zero-order valence-electron chi connectivity index (χ0n) is 8.28. The van der Waals surface area contributed by atoms with Crippen LogP contribution in [0.2, 0.25) is 0 Å². The van der Waals surface area contributed by atoms with E-state index in [-0.39, 0.29) is 9.77 Å².